The van der Waals surface area contributed by atoms with Crippen molar-refractivity contribution < 1.29 is 28.7 Å². The lowest BCUT2D eigenvalue weighted by atomic mass is 10.0. The molecule has 9 nitrogen and oxygen atoms in total. The van der Waals surface area contributed by atoms with Crippen LogP contribution >= 0.6 is 0 Å². The van der Waals surface area contributed by atoms with Gasteiger partial charge in [0.25, 0.3) is 11.8 Å². The van der Waals surface area contributed by atoms with Crippen molar-refractivity contribution in [3.05, 3.63) is 78.4 Å². The van der Waals surface area contributed by atoms with Crippen LogP contribution in [0.2, 0.25) is 0 Å². The first-order valence-corrected chi connectivity index (χ1v) is 10.7. The van der Waals surface area contributed by atoms with Crippen LogP contribution in [-0.4, -0.2) is 44.0 Å². The molecule has 0 radical (unpaired) electrons. The molecular formula is C26H25N3O6. The fourth-order valence-corrected chi connectivity index (χ4v) is 3.17. The minimum absolute atomic E-state index is 0.268. The van der Waals surface area contributed by atoms with Gasteiger partial charge >= 0.3 is 5.97 Å². The van der Waals surface area contributed by atoms with E-state index in [1.165, 1.54) is 20.1 Å². The maximum absolute atomic E-state index is 12.3. The van der Waals surface area contributed by atoms with Crippen molar-refractivity contribution in [1.82, 2.24) is 5.32 Å². The molecule has 0 fully saturated rings. The van der Waals surface area contributed by atoms with E-state index in [1.54, 1.807) is 24.3 Å². The summed E-state index contributed by atoms with van der Waals surface area (Å²) in [4.78, 5) is 47.7. The quantitative estimate of drug-likeness (QED) is 0.409. The smallest absolute Gasteiger partial charge is 0.325 e. The van der Waals surface area contributed by atoms with Gasteiger partial charge in [-0.05, 0) is 41.5 Å². The van der Waals surface area contributed by atoms with Crippen LogP contribution in [0.5, 0.6) is 5.75 Å². The van der Waals surface area contributed by atoms with Crippen molar-refractivity contribution in [3.63, 3.8) is 0 Å². The summed E-state index contributed by atoms with van der Waals surface area (Å²) in [6.45, 7) is 0.405. The number of rotatable bonds is 9. The highest BCUT2D eigenvalue weighted by Crippen LogP contribution is 2.27. The fourth-order valence-electron chi connectivity index (χ4n) is 3.17. The summed E-state index contributed by atoms with van der Waals surface area (Å²) in [7, 11) is 1.43. The molecule has 3 N–H and O–H groups in total. The number of esters is 1. The first-order chi connectivity index (χ1) is 16.9. The summed E-state index contributed by atoms with van der Waals surface area (Å²) in [6.07, 6.45) is 0. The van der Waals surface area contributed by atoms with Crippen molar-refractivity contribution in [2.45, 2.75) is 6.92 Å². The van der Waals surface area contributed by atoms with Crippen LogP contribution in [0, 0.1) is 0 Å². The maximum Gasteiger partial charge on any atom is 0.325 e. The normalized spacial score (nSPS) is 10.1. The number of amides is 3. The minimum atomic E-state index is -0.770. The number of carbonyl (C=O) groups excluding carboxylic acids is 4. The van der Waals surface area contributed by atoms with Gasteiger partial charge in [-0.15, -0.1) is 0 Å². The standard InChI is InChI=1S/C26H25N3O6/c1-17(30)28-21-12-13-23(34-2)22(14-21)29-24(31)16-35-25(32)15-27-26(33)20-10-8-19(9-11-20)18-6-4-3-5-7-18/h3-14H,15-16H2,1-2H3,(H,27,33)(H,28,30)(H,29,31). The lowest BCUT2D eigenvalue weighted by Crippen LogP contribution is -2.32. The Morgan fingerprint density at radius 3 is 2.17 bits per heavy atom. The molecule has 3 aromatic rings. The van der Waals surface area contributed by atoms with Crippen LogP contribution in [0.4, 0.5) is 11.4 Å². The molecule has 0 aliphatic rings. The van der Waals surface area contributed by atoms with Gasteiger partial charge < -0.3 is 25.4 Å². The van der Waals surface area contributed by atoms with E-state index in [2.05, 4.69) is 16.0 Å². The lowest BCUT2D eigenvalue weighted by molar-refractivity contribution is -0.146. The molecule has 0 aliphatic heterocycles. The first kappa shape index (κ1) is 25.0. The Balaban J connectivity index is 1.47. The monoisotopic (exact) mass is 475 g/mol. The van der Waals surface area contributed by atoms with Crippen LogP contribution in [0.3, 0.4) is 0 Å². The van der Waals surface area contributed by atoms with Crippen LogP contribution in [0.25, 0.3) is 11.1 Å². The molecule has 0 aromatic heterocycles. The molecule has 0 bridgehead atoms. The number of ether oxygens (including phenoxy) is 2. The van der Waals surface area contributed by atoms with E-state index in [0.717, 1.165) is 11.1 Å². The second-order valence-corrected chi connectivity index (χ2v) is 7.43. The Morgan fingerprint density at radius 1 is 0.829 bits per heavy atom. The van der Waals surface area contributed by atoms with Gasteiger partial charge in [-0.3, -0.25) is 19.2 Å². The van der Waals surface area contributed by atoms with E-state index in [0.29, 0.717) is 22.7 Å². The third-order valence-electron chi connectivity index (χ3n) is 4.81. The van der Waals surface area contributed by atoms with Crippen molar-refractivity contribution in [2.75, 3.05) is 30.9 Å². The molecule has 180 valence electrons. The Hall–Kier alpha value is -4.66. The lowest BCUT2D eigenvalue weighted by Gasteiger charge is -2.12. The number of hydrogen-bond donors (Lipinski definition) is 3. The summed E-state index contributed by atoms with van der Waals surface area (Å²) >= 11 is 0. The van der Waals surface area contributed by atoms with Crippen molar-refractivity contribution in [2.24, 2.45) is 0 Å². The molecule has 0 aliphatic carbocycles. The predicted octanol–water partition coefficient (Wildman–Crippen LogP) is 3.23. The zero-order valence-corrected chi connectivity index (χ0v) is 19.3. The SMILES string of the molecule is COc1ccc(NC(C)=O)cc1NC(=O)COC(=O)CNC(=O)c1ccc(-c2ccccc2)cc1. The average molecular weight is 476 g/mol. The largest absolute Gasteiger partial charge is 0.495 e. The molecule has 0 saturated carbocycles. The molecular weight excluding hydrogens is 450 g/mol. The van der Waals surface area contributed by atoms with E-state index in [1.807, 2.05) is 42.5 Å². The molecule has 0 atom stereocenters. The summed E-state index contributed by atoms with van der Waals surface area (Å²) in [6, 6.07) is 21.4. The molecule has 0 spiro atoms. The van der Waals surface area contributed by atoms with Gasteiger partial charge in [0, 0.05) is 18.2 Å². The second kappa shape index (κ2) is 12.0. The van der Waals surface area contributed by atoms with Crippen LogP contribution in [0.1, 0.15) is 17.3 Å². The molecule has 3 rings (SSSR count). The van der Waals surface area contributed by atoms with E-state index in [9.17, 15) is 19.2 Å². The first-order valence-electron chi connectivity index (χ1n) is 10.7. The van der Waals surface area contributed by atoms with Gasteiger partial charge in [0.1, 0.15) is 12.3 Å². The third kappa shape index (κ3) is 7.43. The average Bonchev–Trinajstić information content (AvgIpc) is 2.86. The van der Waals surface area contributed by atoms with Gasteiger partial charge in [0.15, 0.2) is 6.61 Å². The summed E-state index contributed by atoms with van der Waals surface area (Å²) in [5, 5.41) is 7.63. The second-order valence-electron chi connectivity index (χ2n) is 7.43. The molecule has 35 heavy (non-hydrogen) atoms. The minimum Gasteiger partial charge on any atom is -0.495 e. The maximum atomic E-state index is 12.3. The van der Waals surface area contributed by atoms with Crippen molar-refractivity contribution in [1.29, 1.82) is 0 Å². The Bertz CT molecular complexity index is 1210. The van der Waals surface area contributed by atoms with Gasteiger partial charge in [0.05, 0.1) is 12.8 Å². The van der Waals surface area contributed by atoms with E-state index < -0.39 is 30.9 Å². The predicted molar refractivity (Wildman–Crippen MR) is 131 cm³/mol. The van der Waals surface area contributed by atoms with Gasteiger partial charge in [-0.25, -0.2) is 0 Å². The van der Waals surface area contributed by atoms with Gasteiger partial charge in [-0.2, -0.15) is 0 Å². The Kier molecular flexibility index (Phi) is 8.55. The topological polar surface area (TPSA) is 123 Å². The molecule has 3 aromatic carbocycles. The van der Waals surface area contributed by atoms with E-state index >= 15 is 0 Å². The number of benzene rings is 3. The third-order valence-corrected chi connectivity index (χ3v) is 4.81. The van der Waals surface area contributed by atoms with Crippen molar-refractivity contribution >= 4 is 35.1 Å². The molecule has 0 saturated heterocycles. The zero-order chi connectivity index (χ0) is 25.2. The van der Waals surface area contributed by atoms with E-state index in [-0.39, 0.29) is 5.91 Å². The Labute approximate surface area is 202 Å². The highest BCUT2D eigenvalue weighted by Gasteiger charge is 2.13. The molecule has 3 amide bonds. The zero-order valence-electron chi connectivity index (χ0n) is 19.3. The van der Waals surface area contributed by atoms with Crippen LogP contribution < -0.4 is 20.7 Å². The number of hydrogen-bond acceptors (Lipinski definition) is 6. The van der Waals surface area contributed by atoms with Crippen LogP contribution in [-0.2, 0) is 19.1 Å². The highest BCUT2D eigenvalue weighted by molar-refractivity contribution is 5.98. The van der Waals surface area contributed by atoms with Crippen LogP contribution in [0.15, 0.2) is 72.8 Å². The number of anilines is 2. The summed E-state index contributed by atoms with van der Waals surface area (Å²) < 4.78 is 10.1. The molecule has 0 heterocycles. The molecule has 0 unspecified atom stereocenters. The Morgan fingerprint density at radius 2 is 1.51 bits per heavy atom. The molecule has 9 heteroatoms. The highest BCUT2D eigenvalue weighted by atomic mass is 16.5. The van der Waals surface area contributed by atoms with Gasteiger partial charge in [-0.1, -0.05) is 42.5 Å². The fraction of sp³-hybridized carbons (Fsp3) is 0.154. The van der Waals surface area contributed by atoms with Crippen molar-refractivity contribution in [3.8, 4) is 16.9 Å². The summed E-state index contributed by atoms with van der Waals surface area (Å²) in [5.41, 5.74) is 3.14. The number of methoxy groups -OCH3 is 1. The summed E-state index contributed by atoms with van der Waals surface area (Å²) in [5.74, 6) is -1.72. The van der Waals surface area contributed by atoms with Gasteiger partial charge in [0.2, 0.25) is 5.91 Å². The number of nitrogens with one attached hydrogen (secondary N) is 3. The van der Waals surface area contributed by atoms with E-state index in [4.69, 9.17) is 9.47 Å². The number of carbonyl (C=O) groups is 4.